The zero-order valence-electron chi connectivity index (χ0n) is 13.7. The van der Waals surface area contributed by atoms with Crippen LogP contribution in [0, 0.1) is 0 Å². The second-order valence-corrected chi connectivity index (χ2v) is 5.79. The summed E-state index contributed by atoms with van der Waals surface area (Å²) in [5, 5.41) is 0.782. The second-order valence-electron chi connectivity index (χ2n) is 5.79. The van der Waals surface area contributed by atoms with E-state index >= 15 is 0 Å². The van der Waals surface area contributed by atoms with Gasteiger partial charge in [-0.25, -0.2) is 15.0 Å². The summed E-state index contributed by atoms with van der Waals surface area (Å²) in [6, 6.07) is 5.76. The molecule has 0 saturated heterocycles. The van der Waals surface area contributed by atoms with Crippen LogP contribution >= 0.6 is 0 Å². The lowest BCUT2D eigenvalue weighted by molar-refractivity contribution is 0.404. The monoisotopic (exact) mass is 322 g/mol. The average molecular weight is 322 g/mol. The standard InChI is InChI=1S/C18H18N4O2/c1-23-10-6-7-14(24-2)12(8-10)15-11-4-3-5-13(11)22-18-16(15)17(19)20-9-21-18/h6-9H,3-5H2,1-2H3,(H2,19,20,21,22). The van der Waals surface area contributed by atoms with E-state index in [4.69, 9.17) is 20.2 Å². The van der Waals surface area contributed by atoms with Crippen LogP contribution in [-0.4, -0.2) is 29.2 Å². The van der Waals surface area contributed by atoms with Gasteiger partial charge in [0.1, 0.15) is 23.6 Å². The molecular formula is C18H18N4O2. The van der Waals surface area contributed by atoms with E-state index in [0.717, 1.165) is 53.0 Å². The Bertz CT molecular complexity index is 940. The van der Waals surface area contributed by atoms with Crippen molar-refractivity contribution in [3.63, 3.8) is 0 Å². The van der Waals surface area contributed by atoms with Crippen LogP contribution < -0.4 is 15.2 Å². The highest BCUT2D eigenvalue weighted by atomic mass is 16.5. The zero-order chi connectivity index (χ0) is 16.7. The first-order chi connectivity index (χ1) is 11.7. The molecule has 1 aliphatic carbocycles. The molecule has 0 bridgehead atoms. The summed E-state index contributed by atoms with van der Waals surface area (Å²) in [4.78, 5) is 13.2. The fraction of sp³-hybridized carbons (Fsp3) is 0.278. The summed E-state index contributed by atoms with van der Waals surface area (Å²) in [7, 11) is 3.31. The van der Waals surface area contributed by atoms with E-state index in [2.05, 4.69) is 9.97 Å². The van der Waals surface area contributed by atoms with E-state index in [1.165, 1.54) is 11.9 Å². The molecule has 6 heteroatoms. The maximum atomic E-state index is 6.19. The predicted molar refractivity (Wildman–Crippen MR) is 92.3 cm³/mol. The van der Waals surface area contributed by atoms with E-state index in [1.54, 1.807) is 14.2 Å². The van der Waals surface area contributed by atoms with Crippen LogP contribution in [0.25, 0.3) is 22.2 Å². The number of ether oxygens (including phenoxy) is 2. The fourth-order valence-electron chi connectivity index (χ4n) is 3.42. The van der Waals surface area contributed by atoms with Crippen LogP contribution in [0.15, 0.2) is 24.5 Å². The van der Waals surface area contributed by atoms with Gasteiger partial charge in [0.2, 0.25) is 0 Å². The summed E-state index contributed by atoms with van der Waals surface area (Å²) in [6.45, 7) is 0. The van der Waals surface area contributed by atoms with Crippen molar-refractivity contribution in [3.05, 3.63) is 35.8 Å². The molecule has 0 radical (unpaired) electrons. The third-order valence-electron chi connectivity index (χ3n) is 4.51. The number of pyridine rings is 1. The van der Waals surface area contributed by atoms with Crippen LogP contribution in [0.4, 0.5) is 5.82 Å². The van der Waals surface area contributed by atoms with Crippen molar-refractivity contribution < 1.29 is 9.47 Å². The molecule has 0 amide bonds. The van der Waals surface area contributed by atoms with Gasteiger partial charge in [0.05, 0.1) is 19.6 Å². The molecule has 122 valence electrons. The minimum atomic E-state index is 0.432. The largest absolute Gasteiger partial charge is 0.497 e. The van der Waals surface area contributed by atoms with Gasteiger partial charge >= 0.3 is 0 Å². The van der Waals surface area contributed by atoms with Crippen molar-refractivity contribution in [1.29, 1.82) is 0 Å². The lowest BCUT2D eigenvalue weighted by Gasteiger charge is -2.16. The molecule has 6 nitrogen and oxygen atoms in total. The molecule has 1 aromatic carbocycles. The molecular weight excluding hydrogens is 304 g/mol. The van der Waals surface area contributed by atoms with Crippen molar-refractivity contribution in [2.75, 3.05) is 20.0 Å². The molecule has 0 spiro atoms. The number of benzene rings is 1. The highest BCUT2D eigenvalue weighted by molar-refractivity contribution is 6.02. The Balaban J connectivity index is 2.14. The quantitative estimate of drug-likeness (QED) is 0.798. The van der Waals surface area contributed by atoms with Crippen molar-refractivity contribution in [1.82, 2.24) is 15.0 Å². The van der Waals surface area contributed by atoms with Gasteiger partial charge in [0.15, 0.2) is 5.65 Å². The molecule has 2 heterocycles. The lowest BCUT2D eigenvalue weighted by atomic mass is 9.95. The number of aryl methyl sites for hydroxylation is 1. The van der Waals surface area contributed by atoms with Gasteiger partial charge in [-0.1, -0.05) is 0 Å². The molecule has 2 N–H and O–H groups in total. The fourth-order valence-corrected chi connectivity index (χ4v) is 3.42. The number of nitrogens with two attached hydrogens (primary N) is 1. The Kier molecular flexibility index (Phi) is 3.45. The topological polar surface area (TPSA) is 83.2 Å². The number of hydrogen-bond donors (Lipinski definition) is 1. The molecule has 0 saturated carbocycles. The highest BCUT2D eigenvalue weighted by Gasteiger charge is 2.24. The Morgan fingerprint density at radius 3 is 2.75 bits per heavy atom. The van der Waals surface area contributed by atoms with Gasteiger partial charge in [-0.15, -0.1) is 0 Å². The first-order valence-electron chi connectivity index (χ1n) is 7.87. The number of hydrogen-bond acceptors (Lipinski definition) is 6. The van der Waals surface area contributed by atoms with E-state index in [-0.39, 0.29) is 0 Å². The van der Waals surface area contributed by atoms with Crippen molar-refractivity contribution in [2.24, 2.45) is 0 Å². The van der Waals surface area contributed by atoms with E-state index in [9.17, 15) is 0 Å². The third-order valence-corrected chi connectivity index (χ3v) is 4.51. The smallest absolute Gasteiger partial charge is 0.165 e. The van der Waals surface area contributed by atoms with Crippen LogP contribution in [0.5, 0.6) is 11.5 Å². The average Bonchev–Trinajstić information content (AvgIpc) is 3.07. The lowest BCUT2D eigenvalue weighted by Crippen LogP contribution is -2.03. The van der Waals surface area contributed by atoms with Crippen LogP contribution in [0.1, 0.15) is 17.7 Å². The van der Waals surface area contributed by atoms with Gasteiger partial charge in [0.25, 0.3) is 0 Å². The molecule has 24 heavy (non-hydrogen) atoms. The van der Waals surface area contributed by atoms with Crippen LogP contribution in [-0.2, 0) is 12.8 Å². The number of fused-ring (bicyclic) bond motifs is 2. The summed E-state index contributed by atoms with van der Waals surface area (Å²) < 4.78 is 11.0. The van der Waals surface area contributed by atoms with Crippen LogP contribution in [0.2, 0.25) is 0 Å². The second kappa shape index (κ2) is 5.63. The molecule has 0 atom stereocenters. The maximum Gasteiger partial charge on any atom is 0.165 e. The molecule has 1 aliphatic rings. The first-order valence-corrected chi connectivity index (χ1v) is 7.87. The molecule has 0 aliphatic heterocycles. The first kappa shape index (κ1) is 14.7. The Labute approximate surface area is 139 Å². The number of nitrogen functional groups attached to an aromatic ring is 1. The third kappa shape index (κ3) is 2.14. The zero-order valence-corrected chi connectivity index (χ0v) is 13.7. The minimum absolute atomic E-state index is 0.432. The summed E-state index contributed by atoms with van der Waals surface area (Å²) in [6.07, 6.45) is 4.45. The molecule has 0 fully saturated rings. The predicted octanol–water partition coefficient (Wildman–Crippen LogP) is 2.78. The van der Waals surface area contributed by atoms with Gasteiger partial charge in [-0.3, -0.25) is 0 Å². The van der Waals surface area contributed by atoms with E-state index < -0.39 is 0 Å². The van der Waals surface area contributed by atoms with Gasteiger partial charge in [0, 0.05) is 16.8 Å². The summed E-state index contributed by atoms with van der Waals surface area (Å²) >= 11 is 0. The van der Waals surface area contributed by atoms with E-state index in [0.29, 0.717) is 11.5 Å². The number of aromatic nitrogens is 3. The Morgan fingerprint density at radius 1 is 1.08 bits per heavy atom. The van der Waals surface area contributed by atoms with Crippen molar-refractivity contribution in [2.45, 2.75) is 19.3 Å². The molecule has 0 unspecified atom stereocenters. The minimum Gasteiger partial charge on any atom is -0.497 e. The SMILES string of the molecule is COc1ccc(OC)c(-c2c3c(nc4ncnc(N)c24)CCC3)c1. The highest BCUT2D eigenvalue weighted by Crippen LogP contribution is 2.43. The number of rotatable bonds is 3. The van der Waals surface area contributed by atoms with Crippen molar-refractivity contribution in [3.8, 4) is 22.6 Å². The molecule has 3 aromatic rings. The van der Waals surface area contributed by atoms with Crippen LogP contribution in [0.3, 0.4) is 0 Å². The summed E-state index contributed by atoms with van der Waals surface area (Å²) in [5.74, 6) is 1.96. The van der Waals surface area contributed by atoms with Gasteiger partial charge < -0.3 is 15.2 Å². The maximum absolute atomic E-state index is 6.19. The Hall–Kier alpha value is -2.89. The van der Waals surface area contributed by atoms with Gasteiger partial charge in [-0.05, 0) is 43.0 Å². The number of anilines is 1. The van der Waals surface area contributed by atoms with E-state index in [1.807, 2.05) is 18.2 Å². The molecule has 2 aromatic heterocycles. The van der Waals surface area contributed by atoms with Gasteiger partial charge in [-0.2, -0.15) is 0 Å². The number of methoxy groups -OCH3 is 2. The number of nitrogens with zero attached hydrogens (tertiary/aromatic N) is 3. The Morgan fingerprint density at radius 2 is 1.96 bits per heavy atom. The summed E-state index contributed by atoms with van der Waals surface area (Å²) in [5.41, 5.74) is 11.1. The normalized spacial score (nSPS) is 13.1. The molecule has 4 rings (SSSR count). The van der Waals surface area contributed by atoms with Crippen molar-refractivity contribution >= 4 is 16.9 Å².